The second kappa shape index (κ2) is 6.11. The number of nitrogens with one attached hydrogen (secondary N) is 1. The first-order valence-electron chi connectivity index (χ1n) is 6.49. The first-order valence-corrected chi connectivity index (χ1v) is 7.28. The molecule has 0 bridgehead atoms. The summed E-state index contributed by atoms with van der Waals surface area (Å²) in [5.41, 5.74) is 10.2. The van der Waals surface area contributed by atoms with Crippen LogP contribution in [0.5, 0.6) is 0 Å². The molecule has 0 fully saturated rings. The van der Waals surface area contributed by atoms with E-state index in [1.807, 2.05) is 19.1 Å². The van der Waals surface area contributed by atoms with Crippen LogP contribution in [0.4, 0.5) is 11.4 Å². The largest absolute Gasteiger partial charge is 0.398 e. The Labute approximate surface area is 123 Å². The van der Waals surface area contributed by atoms with Crippen LogP contribution in [0, 0.1) is 6.92 Å². The van der Waals surface area contributed by atoms with Crippen LogP contribution in [-0.4, -0.2) is 0 Å². The number of rotatable bonds is 4. The Bertz CT molecular complexity index is 552. The minimum Gasteiger partial charge on any atom is -0.398 e. The third-order valence-corrected chi connectivity index (χ3v) is 3.95. The zero-order valence-corrected chi connectivity index (χ0v) is 12.9. The van der Waals surface area contributed by atoms with Gasteiger partial charge in [-0.15, -0.1) is 0 Å². The number of halogens is 1. The molecule has 2 nitrogen and oxygen atoms in total. The highest BCUT2D eigenvalue weighted by atomic mass is 79.9. The molecular weight excluding hydrogens is 300 g/mol. The molecule has 0 saturated carbocycles. The van der Waals surface area contributed by atoms with Crippen LogP contribution < -0.4 is 11.1 Å². The molecule has 2 aromatic carbocycles. The molecule has 3 N–H and O–H groups in total. The molecule has 1 atom stereocenters. The van der Waals surface area contributed by atoms with Crippen molar-refractivity contribution in [3.63, 3.8) is 0 Å². The summed E-state index contributed by atoms with van der Waals surface area (Å²) in [6.07, 6.45) is 1.03. The third-order valence-electron chi connectivity index (χ3n) is 3.30. The highest BCUT2D eigenvalue weighted by Gasteiger charge is 2.11. The SMILES string of the molecule is CCC(Nc1cc(C)c(N)cc1Br)c1ccccc1. The topological polar surface area (TPSA) is 38.0 Å². The number of hydrogen-bond acceptors (Lipinski definition) is 2. The fraction of sp³-hybridized carbons (Fsp3) is 0.250. The predicted molar refractivity (Wildman–Crippen MR) is 86.4 cm³/mol. The maximum Gasteiger partial charge on any atom is 0.0511 e. The van der Waals surface area contributed by atoms with Crippen LogP contribution in [0.15, 0.2) is 46.9 Å². The number of benzene rings is 2. The van der Waals surface area contributed by atoms with Crippen molar-refractivity contribution in [2.45, 2.75) is 26.3 Å². The van der Waals surface area contributed by atoms with Crippen molar-refractivity contribution in [1.82, 2.24) is 0 Å². The van der Waals surface area contributed by atoms with Gasteiger partial charge in [-0.2, -0.15) is 0 Å². The summed E-state index contributed by atoms with van der Waals surface area (Å²) in [6, 6.07) is 14.8. The normalized spacial score (nSPS) is 12.2. The molecule has 0 aliphatic carbocycles. The highest BCUT2D eigenvalue weighted by Crippen LogP contribution is 2.31. The molecule has 0 aliphatic rings. The van der Waals surface area contributed by atoms with Crippen molar-refractivity contribution < 1.29 is 0 Å². The monoisotopic (exact) mass is 318 g/mol. The van der Waals surface area contributed by atoms with E-state index in [-0.39, 0.29) is 0 Å². The quantitative estimate of drug-likeness (QED) is 0.786. The van der Waals surface area contributed by atoms with Gasteiger partial charge in [0.05, 0.1) is 6.04 Å². The molecule has 2 aromatic rings. The number of anilines is 2. The summed E-state index contributed by atoms with van der Waals surface area (Å²) < 4.78 is 1.00. The van der Waals surface area contributed by atoms with Crippen molar-refractivity contribution in [1.29, 1.82) is 0 Å². The van der Waals surface area contributed by atoms with E-state index < -0.39 is 0 Å². The molecule has 0 aliphatic heterocycles. The van der Waals surface area contributed by atoms with Crippen LogP contribution in [-0.2, 0) is 0 Å². The van der Waals surface area contributed by atoms with Crippen molar-refractivity contribution in [2.24, 2.45) is 0 Å². The highest BCUT2D eigenvalue weighted by molar-refractivity contribution is 9.10. The molecule has 0 spiro atoms. The molecule has 3 heteroatoms. The van der Waals surface area contributed by atoms with Crippen molar-refractivity contribution in [3.8, 4) is 0 Å². The lowest BCUT2D eigenvalue weighted by atomic mass is 10.0. The molecule has 19 heavy (non-hydrogen) atoms. The van der Waals surface area contributed by atoms with E-state index in [1.54, 1.807) is 0 Å². The Morgan fingerprint density at radius 2 is 1.89 bits per heavy atom. The maximum absolute atomic E-state index is 5.91. The lowest BCUT2D eigenvalue weighted by molar-refractivity contribution is 0.749. The van der Waals surface area contributed by atoms with Gasteiger partial charge in [0.1, 0.15) is 0 Å². The number of nitrogen functional groups attached to an aromatic ring is 1. The minimum atomic E-state index is 0.306. The Morgan fingerprint density at radius 1 is 1.21 bits per heavy atom. The van der Waals surface area contributed by atoms with Gasteiger partial charge < -0.3 is 11.1 Å². The zero-order valence-electron chi connectivity index (χ0n) is 11.3. The van der Waals surface area contributed by atoms with Gasteiger partial charge in [0.15, 0.2) is 0 Å². The van der Waals surface area contributed by atoms with Gasteiger partial charge in [0.2, 0.25) is 0 Å². The lowest BCUT2D eigenvalue weighted by Gasteiger charge is -2.20. The first-order chi connectivity index (χ1) is 9.11. The van der Waals surface area contributed by atoms with Crippen molar-refractivity contribution in [2.75, 3.05) is 11.1 Å². The molecule has 0 amide bonds. The van der Waals surface area contributed by atoms with Crippen LogP contribution >= 0.6 is 15.9 Å². The van der Waals surface area contributed by atoms with Crippen molar-refractivity contribution >= 4 is 27.3 Å². The Morgan fingerprint density at radius 3 is 2.53 bits per heavy atom. The van der Waals surface area contributed by atoms with E-state index >= 15 is 0 Å². The number of hydrogen-bond donors (Lipinski definition) is 2. The minimum absolute atomic E-state index is 0.306. The fourth-order valence-corrected chi connectivity index (χ4v) is 2.58. The van der Waals surface area contributed by atoms with E-state index in [1.165, 1.54) is 5.56 Å². The fourth-order valence-electron chi connectivity index (χ4n) is 2.10. The van der Waals surface area contributed by atoms with E-state index in [9.17, 15) is 0 Å². The van der Waals surface area contributed by atoms with Crippen LogP contribution in [0.1, 0.15) is 30.5 Å². The second-order valence-corrected chi connectivity index (χ2v) is 5.56. The lowest BCUT2D eigenvalue weighted by Crippen LogP contribution is -2.10. The summed E-state index contributed by atoms with van der Waals surface area (Å²) in [7, 11) is 0. The average Bonchev–Trinajstić information content (AvgIpc) is 2.42. The van der Waals surface area contributed by atoms with Gasteiger partial charge in [0.25, 0.3) is 0 Å². The Kier molecular flexibility index (Phi) is 4.48. The molecule has 0 aromatic heterocycles. The Hall–Kier alpha value is -1.48. The first kappa shape index (κ1) is 13.9. The van der Waals surface area contributed by atoms with E-state index in [4.69, 9.17) is 5.73 Å². The van der Waals surface area contributed by atoms with Crippen molar-refractivity contribution in [3.05, 3.63) is 58.1 Å². The van der Waals surface area contributed by atoms with Crippen LogP contribution in [0.2, 0.25) is 0 Å². The summed E-state index contributed by atoms with van der Waals surface area (Å²) in [6.45, 7) is 4.21. The summed E-state index contributed by atoms with van der Waals surface area (Å²) >= 11 is 3.57. The molecule has 0 saturated heterocycles. The second-order valence-electron chi connectivity index (χ2n) is 4.70. The number of nitrogens with two attached hydrogens (primary N) is 1. The summed E-state index contributed by atoms with van der Waals surface area (Å²) in [4.78, 5) is 0. The van der Waals surface area contributed by atoms with Gasteiger partial charge in [-0.3, -0.25) is 0 Å². The van der Waals surface area contributed by atoms with Gasteiger partial charge in [-0.05, 0) is 52.5 Å². The van der Waals surface area contributed by atoms with Gasteiger partial charge in [-0.25, -0.2) is 0 Å². The van der Waals surface area contributed by atoms with Gasteiger partial charge in [-0.1, -0.05) is 37.3 Å². The molecule has 2 rings (SSSR count). The molecule has 1 unspecified atom stereocenters. The van der Waals surface area contributed by atoms with Crippen LogP contribution in [0.25, 0.3) is 0 Å². The van der Waals surface area contributed by atoms with Gasteiger partial charge in [0, 0.05) is 15.8 Å². The zero-order chi connectivity index (χ0) is 13.8. The average molecular weight is 319 g/mol. The van der Waals surface area contributed by atoms with E-state index in [2.05, 4.69) is 58.5 Å². The summed E-state index contributed by atoms with van der Waals surface area (Å²) in [5, 5.41) is 3.58. The number of aryl methyl sites for hydroxylation is 1. The molecular formula is C16H19BrN2. The Balaban J connectivity index is 2.26. The third kappa shape index (κ3) is 3.29. The molecule has 0 radical (unpaired) electrons. The van der Waals surface area contributed by atoms with E-state index in [0.29, 0.717) is 6.04 Å². The maximum atomic E-state index is 5.91. The van der Waals surface area contributed by atoms with Gasteiger partial charge >= 0.3 is 0 Å². The molecule has 100 valence electrons. The smallest absolute Gasteiger partial charge is 0.0511 e. The standard InChI is InChI=1S/C16H19BrN2/c1-3-15(12-7-5-4-6-8-12)19-16-9-11(2)14(18)10-13(16)17/h4-10,15,19H,3,18H2,1-2H3. The molecule has 0 heterocycles. The predicted octanol–water partition coefficient (Wildman–Crippen LogP) is 4.90. The van der Waals surface area contributed by atoms with Crippen LogP contribution in [0.3, 0.4) is 0 Å². The van der Waals surface area contributed by atoms with E-state index in [0.717, 1.165) is 27.8 Å². The summed E-state index contributed by atoms with van der Waals surface area (Å²) in [5.74, 6) is 0.